The Bertz CT molecular complexity index is 1180. The highest BCUT2D eigenvalue weighted by atomic mass is 19.2. The van der Waals surface area contributed by atoms with Gasteiger partial charge >= 0.3 is 5.97 Å². The van der Waals surface area contributed by atoms with Crippen molar-refractivity contribution in [2.75, 3.05) is 0 Å². The molecular weight excluding hydrogens is 439 g/mol. The van der Waals surface area contributed by atoms with Crippen molar-refractivity contribution in [3.63, 3.8) is 0 Å². The molecule has 0 spiro atoms. The van der Waals surface area contributed by atoms with Gasteiger partial charge in [-0.1, -0.05) is 43.7 Å². The number of aryl methyl sites for hydroxylation is 1. The number of halogens is 5. The summed E-state index contributed by atoms with van der Waals surface area (Å²) in [5.41, 5.74) is 0.739. The second kappa shape index (κ2) is 10.8. The smallest absolute Gasteiger partial charge is 0.349 e. The highest BCUT2D eigenvalue weighted by Gasteiger charge is 2.22. The quantitative estimate of drug-likeness (QED) is 0.102. The van der Waals surface area contributed by atoms with Gasteiger partial charge in [-0.3, -0.25) is 0 Å². The van der Waals surface area contributed by atoms with Crippen LogP contribution in [0.4, 0.5) is 22.0 Å². The number of carbonyl (C=O) groups excluding carboxylic acids is 1. The zero-order valence-electron chi connectivity index (χ0n) is 17.7. The van der Waals surface area contributed by atoms with Crippen LogP contribution in [0.2, 0.25) is 0 Å². The van der Waals surface area contributed by atoms with Crippen molar-refractivity contribution in [2.24, 2.45) is 0 Å². The molecule has 7 heteroatoms. The van der Waals surface area contributed by atoms with Crippen LogP contribution in [0.3, 0.4) is 0 Å². The molecular formula is C26H19F5O2. The van der Waals surface area contributed by atoms with Gasteiger partial charge in [0.25, 0.3) is 0 Å². The third-order valence-corrected chi connectivity index (χ3v) is 4.79. The van der Waals surface area contributed by atoms with Crippen molar-refractivity contribution in [3.05, 3.63) is 99.9 Å². The normalized spacial score (nSPS) is 10.5. The second-order valence-electron chi connectivity index (χ2n) is 7.31. The number of ether oxygens (including phenoxy) is 1. The first-order chi connectivity index (χ1) is 15.8. The van der Waals surface area contributed by atoms with Crippen LogP contribution in [0.1, 0.15) is 53.2 Å². The summed E-state index contributed by atoms with van der Waals surface area (Å²) in [6.07, 6.45) is 4.35. The minimum atomic E-state index is -1.76. The van der Waals surface area contributed by atoms with Gasteiger partial charge < -0.3 is 4.74 Å². The van der Waals surface area contributed by atoms with Gasteiger partial charge in [-0.15, -0.1) is 0 Å². The van der Waals surface area contributed by atoms with Crippen LogP contribution in [-0.4, -0.2) is 5.97 Å². The van der Waals surface area contributed by atoms with E-state index in [1.165, 1.54) is 5.56 Å². The molecule has 0 aliphatic heterocycles. The molecule has 3 aromatic rings. The van der Waals surface area contributed by atoms with Gasteiger partial charge in [-0.25, -0.2) is 26.7 Å². The first-order valence-electron chi connectivity index (χ1n) is 10.2. The lowest BCUT2D eigenvalue weighted by Crippen LogP contribution is -2.14. The molecule has 0 bridgehead atoms. The predicted molar refractivity (Wildman–Crippen MR) is 113 cm³/mol. The lowest BCUT2D eigenvalue weighted by Gasteiger charge is -2.07. The summed E-state index contributed by atoms with van der Waals surface area (Å²) in [5, 5.41) is 0. The van der Waals surface area contributed by atoms with E-state index >= 15 is 0 Å². The van der Waals surface area contributed by atoms with Gasteiger partial charge in [0.15, 0.2) is 17.5 Å². The van der Waals surface area contributed by atoms with E-state index in [0.29, 0.717) is 17.7 Å². The largest absolute Gasteiger partial charge is 0.423 e. The molecule has 0 heterocycles. The average molecular weight is 458 g/mol. The van der Waals surface area contributed by atoms with Crippen molar-refractivity contribution < 1.29 is 31.5 Å². The van der Waals surface area contributed by atoms with Crippen LogP contribution >= 0.6 is 0 Å². The Morgan fingerprint density at radius 3 is 1.94 bits per heavy atom. The topological polar surface area (TPSA) is 26.3 Å². The second-order valence-corrected chi connectivity index (χ2v) is 7.31. The Morgan fingerprint density at radius 1 is 0.788 bits per heavy atom. The zero-order chi connectivity index (χ0) is 24.0. The van der Waals surface area contributed by atoms with Crippen molar-refractivity contribution in [2.45, 2.75) is 32.6 Å². The summed E-state index contributed by atoms with van der Waals surface area (Å²) in [7, 11) is 0. The third kappa shape index (κ3) is 6.19. The van der Waals surface area contributed by atoms with Gasteiger partial charge in [0, 0.05) is 23.3 Å². The summed E-state index contributed by atoms with van der Waals surface area (Å²) in [6.45, 7) is 2.13. The number of carbonyl (C=O) groups is 1. The summed E-state index contributed by atoms with van der Waals surface area (Å²) in [5.74, 6) is -4.36. The van der Waals surface area contributed by atoms with Gasteiger partial charge in [0.1, 0.15) is 22.9 Å². The molecule has 0 aromatic heterocycles. The zero-order valence-corrected chi connectivity index (χ0v) is 17.7. The van der Waals surface area contributed by atoms with Crippen LogP contribution in [0, 0.1) is 40.9 Å². The van der Waals surface area contributed by atoms with E-state index < -0.39 is 46.4 Å². The summed E-state index contributed by atoms with van der Waals surface area (Å²) < 4.78 is 72.9. The van der Waals surface area contributed by atoms with Crippen LogP contribution in [0.25, 0.3) is 0 Å². The fraction of sp³-hybridized carbons (Fsp3) is 0.192. The maximum absolute atomic E-state index is 14.4. The van der Waals surface area contributed by atoms with E-state index in [1.54, 1.807) is 0 Å². The number of rotatable bonds is 6. The standard InChI is InChI=1S/C26H19F5O2/c1-2-3-4-5-16-6-8-17(9-7-16)10-11-18-12-20(27)24(21(28)13-18)26(32)33-19-14-22(29)25(31)23(30)15-19/h6-9,12-15H,2-5H2,1H3. The monoisotopic (exact) mass is 458 g/mol. The van der Waals surface area contributed by atoms with Gasteiger partial charge in [-0.05, 0) is 42.7 Å². The Morgan fingerprint density at radius 2 is 1.36 bits per heavy atom. The molecule has 3 rings (SSSR count). The molecule has 0 saturated carbocycles. The first-order valence-corrected chi connectivity index (χ1v) is 10.2. The molecule has 0 N–H and O–H groups in total. The number of hydrogen-bond donors (Lipinski definition) is 0. The summed E-state index contributed by atoms with van der Waals surface area (Å²) >= 11 is 0. The molecule has 33 heavy (non-hydrogen) atoms. The van der Waals surface area contributed by atoms with E-state index in [0.717, 1.165) is 37.8 Å². The summed E-state index contributed by atoms with van der Waals surface area (Å²) in [4.78, 5) is 12.1. The molecule has 170 valence electrons. The number of hydrogen-bond acceptors (Lipinski definition) is 2. The highest BCUT2D eigenvalue weighted by Crippen LogP contribution is 2.22. The Labute approximate surface area is 188 Å². The molecule has 0 amide bonds. The molecule has 0 radical (unpaired) electrons. The van der Waals surface area contributed by atoms with Crippen molar-refractivity contribution in [1.29, 1.82) is 0 Å². The minimum absolute atomic E-state index is 0.0209. The molecule has 3 aromatic carbocycles. The Kier molecular flexibility index (Phi) is 7.83. The van der Waals surface area contributed by atoms with Crippen molar-refractivity contribution in [3.8, 4) is 17.6 Å². The van der Waals surface area contributed by atoms with E-state index in [1.807, 2.05) is 24.3 Å². The van der Waals surface area contributed by atoms with Crippen molar-refractivity contribution >= 4 is 5.97 Å². The average Bonchev–Trinajstić information content (AvgIpc) is 2.76. The Hall–Kier alpha value is -3.66. The minimum Gasteiger partial charge on any atom is -0.423 e. The van der Waals surface area contributed by atoms with Crippen molar-refractivity contribution in [1.82, 2.24) is 0 Å². The number of benzene rings is 3. The fourth-order valence-corrected chi connectivity index (χ4v) is 3.07. The molecule has 0 unspecified atom stereocenters. The Balaban J connectivity index is 1.75. The van der Waals surface area contributed by atoms with Gasteiger partial charge in [-0.2, -0.15) is 0 Å². The van der Waals surface area contributed by atoms with Crippen LogP contribution in [0.15, 0.2) is 48.5 Å². The molecule has 0 aliphatic rings. The molecule has 0 saturated heterocycles. The van der Waals surface area contributed by atoms with E-state index in [9.17, 15) is 26.7 Å². The van der Waals surface area contributed by atoms with Crippen LogP contribution in [0.5, 0.6) is 5.75 Å². The van der Waals surface area contributed by atoms with Gasteiger partial charge in [0.05, 0.1) is 0 Å². The molecule has 0 fully saturated rings. The molecule has 0 aliphatic carbocycles. The van der Waals surface area contributed by atoms with E-state index in [2.05, 4.69) is 23.5 Å². The van der Waals surface area contributed by atoms with Crippen LogP contribution < -0.4 is 4.74 Å². The predicted octanol–water partition coefficient (Wildman–Crippen LogP) is 6.73. The maximum atomic E-state index is 14.4. The lowest BCUT2D eigenvalue weighted by atomic mass is 10.1. The fourth-order valence-electron chi connectivity index (χ4n) is 3.07. The van der Waals surface area contributed by atoms with Gasteiger partial charge in [0.2, 0.25) is 0 Å². The molecule has 2 nitrogen and oxygen atoms in total. The van der Waals surface area contributed by atoms with E-state index in [-0.39, 0.29) is 5.56 Å². The maximum Gasteiger partial charge on any atom is 0.349 e. The van der Waals surface area contributed by atoms with Crippen LogP contribution in [-0.2, 0) is 6.42 Å². The van der Waals surface area contributed by atoms with E-state index in [4.69, 9.17) is 0 Å². The SMILES string of the molecule is CCCCCc1ccc(C#Cc2cc(F)c(C(=O)Oc3cc(F)c(F)c(F)c3)c(F)c2)cc1. The first kappa shape index (κ1) is 24.0. The number of unbranched alkanes of at least 4 members (excludes halogenated alkanes) is 2. The lowest BCUT2D eigenvalue weighted by molar-refractivity contribution is 0.0723. The summed E-state index contributed by atoms with van der Waals surface area (Å²) in [6, 6.07) is 9.99. The third-order valence-electron chi connectivity index (χ3n) is 4.79. The highest BCUT2D eigenvalue weighted by molar-refractivity contribution is 5.91. The number of esters is 1. The molecule has 0 atom stereocenters.